The van der Waals surface area contributed by atoms with Gasteiger partial charge in [-0.2, -0.15) is 10.2 Å². The van der Waals surface area contributed by atoms with Crippen LogP contribution in [0.4, 0.5) is 5.95 Å². The molecular formula is C25H37N8O6P. The minimum atomic E-state index is -1.76. The van der Waals surface area contributed by atoms with Crippen LogP contribution in [-0.4, -0.2) is 84.4 Å². The third-order valence-corrected chi connectivity index (χ3v) is 8.97. The van der Waals surface area contributed by atoms with E-state index in [1.54, 1.807) is 20.9 Å². The third-order valence-electron chi connectivity index (χ3n) is 6.86. The first-order valence-corrected chi connectivity index (χ1v) is 14.3. The Balaban J connectivity index is 1.75. The molecule has 0 spiro atoms. The monoisotopic (exact) mass is 577 g/mol. The zero-order valence-corrected chi connectivity index (χ0v) is 24.6. The number of amides is 2. The van der Waals surface area contributed by atoms with Crippen molar-refractivity contribution >= 4 is 37.5 Å². The van der Waals surface area contributed by atoms with Gasteiger partial charge in [0.1, 0.15) is 12.1 Å². The van der Waals surface area contributed by atoms with Crippen molar-refractivity contribution in [2.24, 2.45) is 5.92 Å². The SMILES string of the molecule is [2H]C[C@@]12O[C@@H](n3cnc4c(=O)[nH]c(NC(=O)C(C)C)nc43)[C@@H]([C@@H]1OP(OCCC#N)N(C(C)C)C(C)C)N(C)C2=O. The topological polar surface area (TPSA) is 168 Å². The van der Waals surface area contributed by atoms with Crippen LogP contribution in [0.3, 0.4) is 0 Å². The van der Waals surface area contributed by atoms with E-state index in [1.165, 1.54) is 15.8 Å². The maximum absolute atomic E-state index is 13.4. The minimum absolute atomic E-state index is 0.0207. The molecule has 2 fully saturated rings. The van der Waals surface area contributed by atoms with E-state index >= 15 is 0 Å². The number of hydrogen-bond acceptors (Lipinski definition) is 10. The van der Waals surface area contributed by atoms with Crippen LogP contribution >= 0.6 is 8.53 Å². The lowest BCUT2D eigenvalue weighted by Crippen LogP contribution is -2.47. The standard InChI is InChI=1S/C25H37N8O6P/c1-13(2)20(34)29-24-28-19-16(21(35)30-24)27-12-32(19)22-17-18(25(7,38-22)23(36)31(17)8)39-40(37-11-9-10-26)33(14(3)4)15(5)6/h12-15,17-18,22H,9,11H2,1-8H3,(H2,28,29,30,34,35)/t17-,18+,22-,25-,40?/m1/s1/i7D. The molecule has 5 atom stereocenters. The molecule has 2 aliphatic heterocycles. The van der Waals surface area contributed by atoms with Crippen LogP contribution in [0.25, 0.3) is 11.2 Å². The van der Waals surface area contributed by atoms with Crippen molar-refractivity contribution in [3.8, 4) is 6.07 Å². The van der Waals surface area contributed by atoms with Gasteiger partial charge in [0, 0.05) is 26.4 Å². The Kier molecular flexibility index (Phi) is 8.22. The van der Waals surface area contributed by atoms with Gasteiger partial charge in [0.25, 0.3) is 20.0 Å². The highest BCUT2D eigenvalue weighted by atomic mass is 31.2. The molecule has 4 rings (SSSR count). The number of likely N-dealkylation sites (tertiary alicyclic amines) is 1. The lowest BCUT2D eigenvalue weighted by molar-refractivity contribution is -0.170. The second-order valence-electron chi connectivity index (χ2n) is 10.8. The molecule has 14 nitrogen and oxygen atoms in total. The highest BCUT2D eigenvalue weighted by Crippen LogP contribution is 2.56. The van der Waals surface area contributed by atoms with E-state index in [9.17, 15) is 14.4 Å². The number of aromatic nitrogens is 4. The van der Waals surface area contributed by atoms with Gasteiger partial charge in [0.15, 0.2) is 23.0 Å². The smallest absolute Gasteiger partial charge is 0.280 e. The molecule has 0 aliphatic carbocycles. The fourth-order valence-electron chi connectivity index (χ4n) is 4.97. The summed E-state index contributed by atoms with van der Waals surface area (Å²) in [5, 5.41) is 11.7. The van der Waals surface area contributed by atoms with Crippen molar-refractivity contribution in [2.75, 3.05) is 19.0 Å². The molecule has 15 heteroatoms. The summed E-state index contributed by atoms with van der Waals surface area (Å²) in [5.41, 5.74) is -2.03. The van der Waals surface area contributed by atoms with Crippen molar-refractivity contribution < 1.29 is 24.7 Å². The summed E-state index contributed by atoms with van der Waals surface area (Å²) in [4.78, 5) is 51.2. The van der Waals surface area contributed by atoms with Gasteiger partial charge >= 0.3 is 0 Å². The molecule has 0 saturated carbocycles. The number of carbonyl (C=O) groups excluding carboxylic acids is 2. The van der Waals surface area contributed by atoms with Crippen LogP contribution in [0, 0.1) is 17.2 Å². The Morgan fingerprint density at radius 3 is 2.65 bits per heavy atom. The molecule has 2 aromatic heterocycles. The van der Waals surface area contributed by atoms with Crippen molar-refractivity contribution in [3.05, 3.63) is 16.7 Å². The summed E-state index contributed by atoms with van der Waals surface area (Å²) in [6.45, 7) is 11.2. The number of aromatic amines is 1. The summed E-state index contributed by atoms with van der Waals surface area (Å²) in [5.74, 6) is -1.11. The van der Waals surface area contributed by atoms with E-state index in [4.69, 9.17) is 20.4 Å². The van der Waals surface area contributed by atoms with Gasteiger partial charge in [-0.15, -0.1) is 0 Å². The van der Waals surface area contributed by atoms with E-state index in [1.807, 2.05) is 32.4 Å². The number of fused-ring (bicyclic) bond motifs is 3. The molecule has 4 heterocycles. The summed E-state index contributed by atoms with van der Waals surface area (Å²) in [6.07, 6.45) is -0.252. The van der Waals surface area contributed by atoms with Gasteiger partial charge in [-0.05, 0) is 34.6 Å². The molecule has 2 bridgehead atoms. The zero-order valence-electron chi connectivity index (χ0n) is 24.7. The number of imidazole rings is 1. The van der Waals surface area contributed by atoms with Crippen molar-refractivity contribution in [1.29, 1.82) is 5.26 Å². The average Bonchev–Trinajstić information content (AvgIpc) is 3.52. The van der Waals surface area contributed by atoms with Crippen LogP contribution in [0.15, 0.2) is 11.1 Å². The Bertz CT molecular complexity index is 1380. The Morgan fingerprint density at radius 1 is 1.35 bits per heavy atom. The van der Waals surface area contributed by atoms with Crippen molar-refractivity contribution in [1.82, 2.24) is 29.1 Å². The normalized spacial score (nSPS) is 25.4. The Labute approximate surface area is 235 Å². The second kappa shape index (κ2) is 11.5. The van der Waals surface area contributed by atoms with Gasteiger partial charge in [-0.3, -0.25) is 29.3 Å². The summed E-state index contributed by atoms with van der Waals surface area (Å²) < 4.78 is 31.0. The summed E-state index contributed by atoms with van der Waals surface area (Å²) in [6, 6.07) is 1.39. The minimum Gasteiger partial charge on any atom is -0.337 e. The molecule has 0 radical (unpaired) electrons. The Morgan fingerprint density at radius 2 is 2.05 bits per heavy atom. The van der Waals surface area contributed by atoms with Crippen LogP contribution in [-0.2, 0) is 23.4 Å². The van der Waals surface area contributed by atoms with Gasteiger partial charge in [0.05, 0.1) is 25.4 Å². The van der Waals surface area contributed by atoms with Gasteiger partial charge in [-0.1, -0.05) is 13.8 Å². The maximum Gasteiger partial charge on any atom is 0.280 e. The van der Waals surface area contributed by atoms with Crippen LogP contribution in [0.5, 0.6) is 0 Å². The molecule has 0 aromatic carbocycles. The van der Waals surface area contributed by atoms with E-state index in [0.29, 0.717) is 0 Å². The van der Waals surface area contributed by atoms with E-state index in [0.717, 1.165) is 0 Å². The first-order valence-electron chi connectivity index (χ1n) is 13.9. The quantitative estimate of drug-likeness (QED) is 0.299. The average molecular weight is 578 g/mol. The van der Waals surface area contributed by atoms with E-state index in [-0.39, 0.29) is 54.0 Å². The highest BCUT2D eigenvalue weighted by Gasteiger charge is 2.68. The van der Waals surface area contributed by atoms with E-state index < -0.39 is 50.9 Å². The molecule has 2 amide bonds. The number of likely N-dealkylation sites (N-methyl/N-ethyl adjacent to an activating group) is 1. The number of nitriles is 1. The van der Waals surface area contributed by atoms with Crippen LogP contribution in [0.2, 0.25) is 0 Å². The number of hydrogen-bond donors (Lipinski definition) is 2. The predicted octanol–water partition coefficient (Wildman–Crippen LogP) is 2.50. The first kappa shape index (κ1) is 28.6. The number of anilines is 1. The number of nitrogens with one attached hydrogen (secondary N) is 2. The maximum atomic E-state index is 13.4. The van der Waals surface area contributed by atoms with Gasteiger partial charge < -0.3 is 18.7 Å². The lowest BCUT2D eigenvalue weighted by Gasteiger charge is -2.37. The number of morpholine rings is 1. The molecule has 2 aliphatic rings. The molecule has 2 N–H and O–H groups in total. The summed E-state index contributed by atoms with van der Waals surface area (Å²) >= 11 is 0. The number of ether oxygens (including phenoxy) is 1. The first-order chi connectivity index (χ1) is 19.4. The lowest BCUT2D eigenvalue weighted by atomic mass is 10.0. The number of carbonyl (C=O) groups is 2. The Hall–Kier alpha value is -2.95. The third kappa shape index (κ3) is 5.24. The van der Waals surface area contributed by atoms with Crippen molar-refractivity contribution in [3.63, 3.8) is 0 Å². The van der Waals surface area contributed by atoms with Crippen LogP contribution in [0.1, 0.15) is 62.5 Å². The number of H-pyrrole nitrogens is 1. The van der Waals surface area contributed by atoms with Gasteiger partial charge in [0.2, 0.25) is 11.9 Å². The number of nitrogens with zero attached hydrogens (tertiary/aromatic N) is 6. The molecule has 40 heavy (non-hydrogen) atoms. The fourth-order valence-corrected chi connectivity index (χ4v) is 6.76. The fraction of sp³-hybridized carbons (Fsp3) is 0.680. The number of rotatable bonds is 11. The molecule has 218 valence electrons. The zero-order chi connectivity index (χ0) is 30.2. The van der Waals surface area contributed by atoms with Crippen molar-refractivity contribution in [2.45, 2.75) is 90.9 Å². The molecule has 2 saturated heterocycles. The molecular weight excluding hydrogens is 539 g/mol. The molecule has 2 aromatic rings. The van der Waals surface area contributed by atoms with Gasteiger partial charge in [-0.25, -0.2) is 9.65 Å². The molecule has 1 unspecified atom stereocenters. The second-order valence-corrected chi connectivity index (χ2v) is 12.2. The van der Waals surface area contributed by atoms with Crippen LogP contribution < -0.4 is 10.9 Å². The van der Waals surface area contributed by atoms with E-state index in [2.05, 4.69) is 26.3 Å². The highest BCUT2D eigenvalue weighted by molar-refractivity contribution is 7.44. The summed E-state index contributed by atoms with van der Waals surface area (Å²) in [7, 11) is -0.139. The predicted molar refractivity (Wildman–Crippen MR) is 147 cm³/mol. The largest absolute Gasteiger partial charge is 0.337 e.